The van der Waals surface area contributed by atoms with Crippen LogP contribution in [-0.4, -0.2) is 21.7 Å². The number of methoxy groups -OCH3 is 1. The van der Waals surface area contributed by atoms with Gasteiger partial charge < -0.3 is 10.1 Å². The number of nitrogens with zero attached hydrogens (tertiary/aromatic N) is 3. The average molecular weight is 360 g/mol. The van der Waals surface area contributed by atoms with Crippen LogP contribution in [0.25, 0.3) is 4.96 Å². The lowest BCUT2D eigenvalue weighted by molar-refractivity contribution is 0.414. The quantitative estimate of drug-likeness (QED) is 0.562. The van der Waals surface area contributed by atoms with Gasteiger partial charge >= 0.3 is 0 Å². The molecule has 0 atom stereocenters. The fourth-order valence-electron chi connectivity index (χ4n) is 2.43. The topological polar surface area (TPSA) is 51.5 Å². The number of fused-ring (bicyclic) bond motifs is 1. The van der Waals surface area contributed by atoms with E-state index in [2.05, 4.69) is 27.2 Å². The summed E-state index contributed by atoms with van der Waals surface area (Å²) in [6.07, 6.45) is 1.75. The van der Waals surface area contributed by atoms with E-state index in [0.717, 1.165) is 32.7 Å². The van der Waals surface area contributed by atoms with Crippen molar-refractivity contribution in [1.29, 1.82) is 0 Å². The third-order valence-electron chi connectivity index (χ3n) is 3.80. The van der Waals surface area contributed by atoms with Crippen LogP contribution in [0, 0.1) is 11.8 Å². The van der Waals surface area contributed by atoms with E-state index in [4.69, 9.17) is 4.74 Å². The summed E-state index contributed by atoms with van der Waals surface area (Å²) in [5, 5.41) is 8.71. The Hall–Kier alpha value is -3.30. The van der Waals surface area contributed by atoms with E-state index in [-0.39, 0.29) is 0 Å². The molecule has 26 heavy (non-hydrogen) atoms. The maximum atomic E-state index is 5.17. The van der Waals surface area contributed by atoms with Gasteiger partial charge in [0.2, 0.25) is 10.1 Å². The largest absolute Gasteiger partial charge is 0.497 e. The summed E-state index contributed by atoms with van der Waals surface area (Å²) in [4.78, 5) is 5.21. The summed E-state index contributed by atoms with van der Waals surface area (Å²) in [5.41, 5.74) is 2.90. The minimum Gasteiger partial charge on any atom is -0.497 e. The van der Waals surface area contributed by atoms with Gasteiger partial charge in [0.15, 0.2) is 0 Å². The van der Waals surface area contributed by atoms with Crippen LogP contribution in [0.15, 0.2) is 60.8 Å². The normalized spacial score (nSPS) is 10.3. The molecule has 0 aliphatic rings. The molecule has 4 rings (SSSR count). The second-order valence-electron chi connectivity index (χ2n) is 5.56. The molecule has 2 aromatic carbocycles. The molecule has 0 aliphatic carbocycles. The van der Waals surface area contributed by atoms with Crippen molar-refractivity contribution in [3.63, 3.8) is 0 Å². The summed E-state index contributed by atoms with van der Waals surface area (Å²) in [5.74, 6) is 7.13. The van der Waals surface area contributed by atoms with Gasteiger partial charge in [-0.05, 0) is 35.7 Å². The van der Waals surface area contributed by atoms with Gasteiger partial charge in [-0.3, -0.25) is 0 Å². The minimum atomic E-state index is 0.686. The van der Waals surface area contributed by atoms with Crippen molar-refractivity contribution in [3.05, 3.63) is 77.6 Å². The molecule has 5 nitrogen and oxygen atoms in total. The Labute approximate surface area is 155 Å². The average Bonchev–Trinajstić information content (AvgIpc) is 3.26. The first kappa shape index (κ1) is 16.2. The number of hydrogen-bond acceptors (Lipinski definition) is 5. The number of benzene rings is 2. The summed E-state index contributed by atoms with van der Waals surface area (Å²) in [6, 6.07) is 17.8. The lowest BCUT2D eigenvalue weighted by Crippen LogP contribution is -2.00. The second kappa shape index (κ2) is 7.30. The van der Waals surface area contributed by atoms with E-state index in [9.17, 15) is 0 Å². The molecule has 1 N–H and O–H groups in total. The van der Waals surface area contributed by atoms with Crippen LogP contribution in [0.4, 0.5) is 5.13 Å². The molecule has 0 saturated carbocycles. The summed E-state index contributed by atoms with van der Waals surface area (Å²) in [7, 11) is 1.66. The highest BCUT2D eigenvalue weighted by molar-refractivity contribution is 7.20. The standard InChI is InChI=1S/C20H16N4OS/c1-25-18-11-8-16(9-12-18)13-21-19-23-24-17(14-22-20(24)26-19)10-7-15-5-3-2-4-6-15/h2-6,8-9,11-12,14H,13H2,1H3,(H,21,23). The predicted molar refractivity (Wildman–Crippen MR) is 104 cm³/mol. The number of ether oxygens (including phenoxy) is 1. The first-order chi connectivity index (χ1) is 12.8. The van der Waals surface area contributed by atoms with Crippen molar-refractivity contribution in [2.45, 2.75) is 6.54 Å². The first-order valence-corrected chi connectivity index (χ1v) is 8.92. The maximum Gasteiger partial charge on any atom is 0.215 e. The van der Waals surface area contributed by atoms with Gasteiger partial charge in [-0.15, -0.1) is 5.10 Å². The van der Waals surface area contributed by atoms with Gasteiger partial charge in [0, 0.05) is 12.1 Å². The zero-order valence-electron chi connectivity index (χ0n) is 14.1. The highest BCUT2D eigenvalue weighted by Gasteiger charge is 2.08. The van der Waals surface area contributed by atoms with E-state index >= 15 is 0 Å². The van der Waals surface area contributed by atoms with E-state index in [0.29, 0.717) is 6.54 Å². The molecule has 0 spiro atoms. The molecule has 2 aromatic heterocycles. The SMILES string of the molecule is COc1ccc(CNc2nn3c(C#Cc4ccccc4)cnc3s2)cc1. The van der Waals surface area contributed by atoms with E-state index < -0.39 is 0 Å². The van der Waals surface area contributed by atoms with Gasteiger partial charge in [0.25, 0.3) is 0 Å². The summed E-state index contributed by atoms with van der Waals surface area (Å²) < 4.78 is 6.95. The Morgan fingerprint density at radius 3 is 2.65 bits per heavy atom. The lowest BCUT2D eigenvalue weighted by atomic mass is 10.2. The monoisotopic (exact) mass is 360 g/mol. The minimum absolute atomic E-state index is 0.686. The van der Waals surface area contributed by atoms with Gasteiger partial charge in [-0.2, -0.15) is 4.52 Å². The molecule has 0 bridgehead atoms. The fourth-order valence-corrected chi connectivity index (χ4v) is 3.20. The Morgan fingerprint density at radius 2 is 1.88 bits per heavy atom. The Morgan fingerprint density at radius 1 is 1.08 bits per heavy atom. The molecule has 128 valence electrons. The highest BCUT2D eigenvalue weighted by Crippen LogP contribution is 2.20. The van der Waals surface area contributed by atoms with Gasteiger partial charge in [-0.25, -0.2) is 4.98 Å². The van der Waals surface area contributed by atoms with E-state index in [1.54, 1.807) is 17.8 Å². The Kier molecular flexibility index (Phi) is 4.54. The van der Waals surface area contributed by atoms with Crippen LogP contribution >= 0.6 is 11.3 Å². The molecule has 0 aliphatic heterocycles. The predicted octanol–water partition coefficient (Wildman–Crippen LogP) is 3.81. The van der Waals surface area contributed by atoms with Crippen LogP contribution < -0.4 is 10.1 Å². The van der Waals surface area contributed by atoms with Crippen molar-refractivity contribution in [2.75, 3.05) is 12.4 Å². The van der Waals surface area contributed by atoms with Crippen LogP contribution in [-0.2, 0) is 6.54 Å². The molecule has 0 unspecified atom stereocenters. The molecule has 0 amide bonds. The van der Waals surface area contributed by atoms with Crippen LogP contribution in [0.2, 0.25) is 0 Å². The first-order valence-electron chi connectivity index (χ1n) is 8.10. The third-order valence-corrected chi connectivity index (χ3v) is 4.68. The molecule has 2 heterocycles. The van der Waals surface area contributed by atoms with Crippen LogP contribution in [0.5, 0.6) is 5.75 Å². The summed E-state index contributed by atoms with van der Waals surface area (Å²) >= 11 is 1.50. The maximum absolute atomic E-state index is 5.17. The number of imidazole rings is 1. The van der Waals surface area contributed by atoms with Crippen molar-refractivity contribution >= 4 is 21.4 Å². The van der Waals surface area contributed by atoms with Crippen molar-refractivity contribution in [3.8, 4) is 17.6 Å². The Bertz CT molecular complexity index is 1070. The van der Waals surface area contributed by atoms with Gasteiger partial charge in [0.05, 0.1) is 13.3 Å². The molecule has 0 saturated heterocycles. The zero-order chi connectivity index (χ0) is 17.8. The Balaban J connectivity index is 1.49. The fraction of sp³-hybridized carbons (Fsp3) is 0.100. The van der Waals surface area contributed by atoms with Gasteiger partial charge in [0.1, 0.15) is 11.4 Å². The number of nitrogens with one attached hydrogen (secondary N) is 1. The van der Waals surface area contributed by atoms with Crippen LogP contribution in [0.3, 0.4) is 0 Å². The van der Waals surface area contributed by atoms with E-state index in [1.807, 2.05) is 54.6 Å². The van der Waals surface area contributed by atoms with Gasteiger partial charge in [-0.1, -0.05) is 47.6 Å². The summed E-state index contributed by atoms with van der Waals surface area (Å²) in [6.45, 7) is 0.686. The lowest BCUT2D eigenvalue weighted by Gasteiger charge is -2.04. The number of anilines is 1. The molecule has 0 radical (unpaired) electrons. The number of aromatic nitrogens is 3. The molecule has 6 heteroatoms. The molecular formula is C20H16N4OS. The van der Waals surface area contributed by atoms with Crippen molar-refractivity contribution in [2.24, 2.45) is 0 Å². The number of rotatable bonds is 4. The van der Waals surface area contributed by atoms with Crippen LogP contribution in [0.1, 0.15) is 16.8 Å². The van der Waals surface area contributed by atoms with Crippen molar-refractivity contribution in [1.82, 2.24) is 14.6 Å². The van der Waals surface area contributed by atoms with Crippen molar-refractivity contribution < 1.29 is 4.74 Å². The number of hydrogen-bond donors (Lipinski definition) is 1. The molecular weight excluding hydrogens is 344 g/mol. The smallest absolute Gasteiger partial charge is 0.215 e. The molecule has 0 fully saturated rings. The van der Waals surface area contributed by atoms with E-state index in [1.165, 1.54) is 11.3 Å². The zero-order valence-corrected chi connectivity index (χ0v) is 15.0. The highest BCUT2D eigenvalue weighted by atomic mass is 32.1. The molecule has 4 aromatic rings. The second-order valence-corrected chi connectivity index (χ2v) is 6.52. The third kappa shape index (κ3) is 3.53.